The first-order chi connectivity index (χ1) is 12.7. The van der Waals surface area contributed by atoms with Gasteiger partial charge in [-0.15, -0.1) is 0 Å². The van der Waals surface area contributed by atoms with Crippen molar-refractivity contribution in [1.29, 1.82) is 0 Å². The monoisotopic (exact) mass is 369 g/mol. The molecule has 3 aromatic rings. The van der Waals surface area contributed by atoms with Gasteiger partial charge in [-0.3, -0.25) is 0 Å². The first-order valence-corrected chi connectivity index (χ1v) is 9.23. The van der Waals surface area contributed by atoms with Gasteiger partial charge in [0.15, 0.2) is 0 Å². The minimum atomic E-state index is 0.416. The van der Waals surface area contributed by atoms with Crippen molar-refractivity contribution >= 4 is 11.6 Å². The van der Waals surface area contributed by atoms with Crippen LogP contribution in [0.15, 0.2) is 65.1 Å². The van der Waals surface area contributed by atoms with Crippen molar-refractivity contribution in [3.63, 3.8) is 0 Å². The van der Waals surface area contributed by atoms with Crippen LogP contribution in [0.4, 0.5) is 0 Å². The minimum Gasteiger partial charge on any atom is -0.495 e. The zero-order valence-electron chi connectivity index (χ0n) is 15.2. The summed E-state index contributed by atoms with van der Waals surface area (Å²) in [5.41, 5.74) is 2.32. The summed E-state index contributed by atoms with van der Waals surface area (Å²) >= 11 is 6.20. The Morgan fingerprint density at radius 1 is 1.08 bits per heavy atom. The van der Waals surface area contributed by atoms with Crippen molar-refractivity contribution < 1.29 is 9.15 Å². The number of halogens is 1. The van der Waals surface area contributed by atoms with Gasteiger partial charge in [0.25, 0.3) is 0 Å². The van der Waals surface area contributed by atoms with Gasteiger partial charge in [-0.05, 0) is 55.7 Å². The van der Waals surface area contributed by atoms with E-state index in [9.17, 15) is 0 Å². The third kappa shape index (κ3) is 4.90. The van der Waals surface area contributed by atoms with E-state index in [1.807, 2.05) is 30.3 Å². The van der Waals surface area contributed by atoms with Gasteiger partial charge in [-0.1, -0.05) is 41.9 Å². The summed E-state index contributed by atoms with van der Waals surface area (Å²) in [5, 5.41) is 4.10. The van der Waals surface area contributed by atoms with Crippen molar-refractivity contribution in [2.45, 2.75) is 32.4 Å². The Morgan fingerprint density at radius 3 is 2.62 bits per heavy atom. The van der Waals surface area contributed by atoms with Crippen LogP contribution in [-0.2, 0) is 13.0 Å². The average Bonchev–Trinajstić information content (AvgIpc) is 3.14. The van der Waals surface area contributed by atoms with E-state index < -0.39 is 0 Å². The van der Waals surface area contributed by atoms with E-state index in [2.05, 4.69) is 42.6 Å². The second-order valence-corrected chi connectivity index (χ2v) is 6.83. The predicted octanol–water partition coefficient (Wildman–Crippen LogP) is 5.72. The van der Waals surface area contributed by atoms with Crippen LogP contribution in [-0.4, -0.2) is 13.2 Å². The molecule has 136 valence electrons. The van der Waals surface area contributed by atoms with E-state index in [0.29, 0.717) is 23.4 Å². The molecular formula is C22H24ClNO2. The molecule has 0 fully saturated rings. The number of benzene rings is 2. The summed E-state index contributed by atoms with van der Waals surface area (Å²) in [6.45, 7) is 2.91. The normalized spacial score (nSPS) is 12.1. The van der Waals surface area contributed by atoms with Crippen LogP contribution in [0, 0.1) is 0 Å². The SMILES string of the molecule is COc1ccc(-c2ccc(CN[C@H](C)CCc3ccccc3)o2)cc1Cl. The van der Waals surface area contributed by atoms with Gasteiger partial charge in [0.2, 0.25) is 0 Å². The fraction of sp³-hybridized carbons (Fsp3) is 0.273. The van der Waals surface area contributed by atoms with E-state index in [4.69, 9.17) is 20.8 Å². The van der Waals surface area contributed by atoms with Gasteiger partial charge >= 0.3 is 0 Å². The highest BCUT2D eigenvalue weighted by atomic mass is 35.5. The number of furan rings is 1. The number of aryl methyl sites for hydroxylation is 1. The van der Waals surface area contributed by atoms with Crippen LogP contribution in [0.25, 0.3) is 11.3 Å². The van der Waals surface area contributed by atoms with E-state index in [0.717, 1.165) is 29.9 Å². The first-order valence-electron chi connectivity index (χ1n) is 8.85. The largest absolute Gasteiger partial charge is 0.495 e. The second-order valence-electron chi connectivity index (χ2n) is 6.42. The molecule has 0 aliphatic rings. The number of nitrogens with one attached hydrogen (secondary N) is 1. The first kappa shape index (κ1) is 18.6. The molecule has 1 aromatic heterocycles. The fourth-order valence-corrected chi connectivity index (χ4v) is 3.11. The number of ether oxygens (including phenoxy) is 1. The van der Waals surface area contributed by atoms with Gasteiger partial charge in [0, 0.05) is 11.6 Å². The molecule has 0 aliphatic heterocycles. The van der Waals surface area contributed by atoms with Crippen molar-refractivity contribution in [3.05, 3.63) is 77.0 Å². The maximum Gasteiger partial charge on any atom is 0.137 e. The standard InChI is InChI=1S/C22H24ClNO2/c1-16(8-9-17-6-4-3-5-7-17)24-15-19-11-13-21(26-19)18-10-12-22(25-2)20(23)14-18/h3-7,10-14,16,24H,8-9,15H2,1-2H3/t16-/m1/s1. The van der Waals surface area contributed by atoms with Gasteiger partial charge < -0.3 is 14.5 Å². The number of hydrogen-bond donors (Lipinski definition) is 1. The Hall–Kier alpha value is -2.23. The van der Waals surface area contributed by atoms with Gasteiger partial charge in [-0.2, -0.15) is 0 Å². The van der Waals surface area contributed by atoms with E-state index in [-0.39, 0.29) is 0 Å². The highest BCUT2D eigenvalue weighted by Gasteiger charge is 2.09. The molecule has 0 bridgehead atoms. The van der Waals surface area contributed by atoms with Gasteiger partial charge in [-0.25, -0.2) is 0 Å². The molecule has 1 heterocycles. The summed E-state index contributed by atoms with van der Waals surface area (Å²) in [4.78, 5) is 0. The molecule has 2 aromatic carbocycles. The lowest BCUT2D eigenvalue weighted by molar-refractivity contribution is 0.415. The smallest absolute Gasteiger partial charge is 0.137 e. The highest BCUT2D eigenvalue weighted by Crippen LogP contribution is 2.31. The van der Waals surface area contributed by atoms with Crippen LogP contribution in [0.5, 0.6) is 5.75 Å². The van der Waals surface area contributed by atoms with E-state index >= 15 is 0 Å². The molecular weight excluding hydrogens is 346 g/mol. The molecule has 1 atom stereocenters. The molecule has 3 nitrogen and oxygen atoms in total. The van der Waals surface area contributed by atoms with Crippen LogP contribution in [0.1, 0.15) is 24.7 Å². The van der Waals surface area contributed by atoms with Crippen molar-refractivity contribution in [3.8, 4) is 17.1 Å². The molecule has 26 heavy (non-hydrogen) atoms. The molecule has 0 amide bonds. The molecule has 0 saturated carbocycles. The third-order valence-corrected chi connectivity index (χ3v) is 4.73. The summed E-state index contributed by atoms with van der Waals surface area (Å²) < 4.78 is 11.1. The summed E-state index contributed by atoms with van der Waals surface area (Å²) in [5.74, 6) is 2.39. The summed E-state index contributed by atoms with van der Waals surface area (Å²) in [7, 11) is 1.61. The van der Waals surface area contributed by atoms with Crippen LogP contribution >= 0.6 is 11.6 Å². The van der Waals surface area contributed by atoms with Gasteiger partial charge in [0.1, 0.15) is 17.3 Å². The number of rotatable bonds is 8. The fourth-order valence-electron chi connectivity index (χ4n) is 2.85. The Bertz CT molecular complexity index is 829. The quantitative estimate of drug-likeness (QED) is 0.551. The second kappa shape index (κ2) is 8.93. The number of methoxy groups -OCH3 is 1. The molecule has 0 radical (unpaired) electrons. The predicted molar refractivity (Wildman–Crippen MR) is 107 cm³/mol. The van der Waals surface area contributed by atoms with Crippen LogP contribution in [0.2, 0.25) is 5.02 Å². The van der Waals surface area contributed by atoms with Crippen molar-refractivity contribution in [1.82, 2.24) is 5.32 Å². The number of hydrogen-bond acceptors (Lipinski definition) is 3. The van der Waals surface area contributed by atoms with Gasteiger partial charge in [0.05, 0.1) is 18.7 Å². The van der Waals surface area contributed by atoms with Crippen LogP contribution in [0.3, 0.4) is 0 Å². The Labute approximate surface area is 159 Å². The maximum atomic E-state index is 6.20. The molecule has 1 N–H and O–H groups in total. The van der Waals surface area contributed by atoms with Crippen molar-refractivity contribution in [2.24, 2.45) is 0 Å². The Morgan fingerprint density at radius 2 is 1.88 bits per heavy atom. The lowest BCUT2D eigenvalue weighted by atomic mass is 10.1. The summed E-state index contributed by atoms with van der Waals surface area (Å²) in [6, 6.07) is 20.6. The topological polar surface area (TPSA) is 34.4 Å². The zero-order chi connectivity index (χ0) is 18.4. The molecule has 0 saturated heterocycles. The molecule has 0 unspecified atom stereocenters. The Balaban J connectivity index is 1.52. The average molecular weight is 370 g/mol. The Kier molecular flexibility index (Phi) is 6.37. The minimum absolute atomic E-state index is 0.416. The molecule has 3 rings (SSSR count). The molecule has 0 spiro atoms. The maximum absolute atomic E-state index is 6.20. The third-order valence-electron chi connectivity index (χ3n) is 4.43. The lowest BCUT2D eigenvalue weighted by Gasteiger charge is -2.12. The van der Waals surface area contributed by atoms with E-state index in [1.165, 1.54) is 5.56 Å². The lowest BCUT2D eigenvalue weighted by Crippen LogP contribution is -2.25. The molecule has 4 heteroatoms. The zero-order valence-corrected chi connectivity index (χ0v) is 15.9. The molecule has 0 aliphatic carbocycles. The summed E-state index contributed by atoms with van der Waals surface area (Å²) in [6.07, 6.45) is 2.16. The highest BCUT2D eigenvalue weighted by molar-refractivity contribution is 6.32. The van der Waals surface area contributed by atoms with Crippen molar-refractivity contribution in [2.75, 3.05) is 7.11 Å². The van der Waals surface area contributed by atoms with Crippen LogP contribution < -0.4 is 10.1 Å². The van der Waals surface area contributed by atoms with E-state index in [1.54, 1.807) is 7.11 Å².